The molecule has 24 heavy (non-hydrogen) atoms. The zero-order valence-corrected chi connectivity index (χ0v) is 13.9. The minimum Gasteiger partial charge on any atom is -0.352 e. The van der Waals surface area contributed by atoms with E-state index in [2.05, 4.69) is 15.6 Å². The lowest BCUT2D eigenvalue weighted by Crippen LogP contribution is -2.25. The van der Waals surface area contributed by atoms with Gasteiger partial charge in [-0.25, -0.2) is 4.39 Å². The number of nitrogens with one attached hydrogen (secondary N) is 2. The average Bonchev–Trinajstić information content (AvgIpc) is 2.58. The maximum Gasteiger partial charge on any atom is 0.257 e. The highest BCUT2D eigenvalue weighted by Gasteiger charge is 2.12. The van der Waals surface area contributed by atoms with Crippen LogP contribution in [0.3, 0.4) is 0 Å². The molecule has 0 saturated carbocycles. The fourth-order valence-electron chi connectivity index (χ4n) is 1.95. The molecule has 5 nitrogen and oxygen atoms in total. The summed E-state index contributed by atoms with van der Waals surface area (Å²) < 4.78 is 13.1. The van der Waals surface area contributed by atoms with Crippen molar-refractivity contribution in [2.24, 2.45) is 0 Å². The standard InChI is InChI=1S/C17H17ClFN3O2/c1-2-3-6-21-16(23)11-7-12(10-20-9-11)17(24)22-13-4-5-15(19)14(18)8-13/h4-5,7-10H,2-3,6H2,1H3,(H,21,23)(H,22,24). The van der Waals surface area contributed by atoms with E-state index in [1.165, 1.54) is 30.6 Å². The number of hydrogen-bond acceptors (Lipinski definition) is 3. The molecule has 0 radical (unpaired) electrons. The Morgan fingerprint density at radius 3 is 2.54 bits per heavy atom. The van der Waals surface area contributed by atoms with Crippen LogP contribution in [0.4, 0.5) is 10.1 Å². The molecule has 0 aliphatic heterocycles. The first-order valence-electron chi connectivity index (χ1n) is 7.51. The molecule has 1 heterocycles. The molecule has 0 fully saturated rings. The number of carbonyl (C=O) groups excluding carboxylic acids is 2. The number of benzene rings is 1. The molecule has 7 heteroatoms. The van der Waals surface area contributed by atoms with Crippen molar-refractivity contribution >= 4 is 29.1 Å². The average molecular weight is 350 g/mol. The highest BCUT2D eigenvalue weighted by atomic mass is 35.5. The minimum atomic E-state index is -0.568. The summed E-state index contributed by atoms with van der Waals surface area (Å²) in [5, 5.41) is 5.25. The Morgan fingerprint density at radius 1 is 1.17 bits per heavy atom. The summed E-state index contributed by atoms with van der Waals surface area (Å²) in [6.07, 6.45) is 4.60. The van der Waals surface area contributed by atoms with Crippen molar-refractivity contribution in [3.05, 3.63) is 58.6 Å². The van der Waals surface area contributed by atoms with Crippen molar-refractivity contribution in [3.63, 3.8) is 0 Å². The molecule has 1 aromatic carbocycles. The number of nitrogens with zero attached hydrogens (tertiary/aromatic N) is 1. The first-order valence-corrected chi connectivity index (χ1v) is 7.88. The Hall–Kier alpha value is -2.47. The van der Waals surface area contributed by atoms with E-state index >= 15 is 0 Å². The molecule has 0 saturated heterocycles. The number of halogens is 2. The van der Waals surface area contributed by atoms with Gasteiger partial charge in [-0.15, -0.1) is 0 Å². The third-order valence-electron chi connectivity index (χ3n) is 3.26. The SMILES string of the molecule is CCCCNC(=O)c1cncc(C(=O)Nc2ccc(F)c(Cl)c2)c1. The summed E-state index contributed by atoms with van der Waals surface area (Å²) in [5.41, 5.74) is 0.874. The van der Waals surface area contributed by atoms with Crippen molar-refractivity contribution in [2.75, 3.05) is 11.9 Å². The smallest absolute Gasteiger partial charge is 0.257 e. The summed E-state index contributed by atoms with van der Waals surface area (Å²) in [6.45, 7) is 2.60. The number of carbonyl (C=O) groups is 2. The van der Waals surface area contributed by atoms with Gasteiger partial charge in [-0.2, -0.15) is 0 Å². The Balaban J connectivity index is 2.08. The lowest BCUT2D eigenvalue weighted by molar-refractivity contribution is 0.0953. The second-order valence-electron chi connectivity index (χ2n) is 5.15. The van der Waals surface area contributed by atoms with Gasteiger partial charge in [0.05, 0.1) is 16.1 Å². The van der Waals surface area contributed by atoms with Gasteiger partial charge in [-0.3, -0.25) is 14.6 Å². The number of pyridine rings is 1. The highest BCUT2D eigenvalue weighted by molar-refractivity contribution is 6.31. The molecule has 0 unspecified atom stereocenters. The number of hydrogen-bond donors (Lipinski definition) is 2. The predicted octanol–water partition coefficient (Wildman–Crippen LogP) is 3.66. The fraction of sp³-hybridized carbons (Fsp3) is 0.235. The van der Waals surface area contributed by atoms with E-state index < -0.39 is 11.7 Å². The second kappa shape index (κ2) is 8.40. The summed E-state index contributed by atoms with van der Waals surface area (Å²) >= 11 is 5.68. The maximum atomic E-state index is 13.1. The van der Waals surface area contributed by atoms with Crippen molar-refractivity contribution in [3.8, 4) is 0 Å². The zero-order chi connectivity index (χ0) is 17.5. The molecule has 126 valence electrons. The molecule has 2 aromatic rings. The molecular weight excluding hydrogens is 333 g/mol. The van der Waals surface area contributed by atoms with Gasteiger partial charge in [-0.05, 0) is 30.7 Å². The summed E-state index contributed by atoms with van der Waals surface area (Å²) in [6, 6.07) is 5.32. The van der Waals surface area contributed by atoms with Gasteiger partial charge in [0.15, 0.2) is 0 Å². The van der Waals surface area contributed by atoms with Crippen LogP contribution in [0.25, 0.3) is 0 Å². The van der Waals surface area contributed by atoms with E-state index in [4.69, 9.17) is 11.6 Å². The molecule has 0 aliphatic rings. The fourth-order valence-corrected chi connectivity index (χ4v) is 2.13. The number of unbranched alkanes of at least 4 members (excludes halogenated alkanes) is 1. The molecule has 2 amide bonds. The normalized spacial score (nSPS) is 10.3. The van der Waals surface area contributed by atoms with Crippen LogP contribution in [-0.4, -0.2) is 23.3 Å². The van der Waals surface area contributed by atoms with Crippen LogP contribution in [0, 0.1) is 5.82 Å². The largest absolute Gasteiger partial charge is 0.352 e. The van der Waals surface area contributed by atoms with Crippen LogP contribution in [-0.2, 0) is 0 Å². The van der Waals surface area contributed by atoms with Gasteiger partial charge in [0.25, 0.3) is 11.8 Å². The number of amides is 2. The van der Waals surface area contributed by atoms with Crippen LogP contribution in [0.15, 0.2) is 36.7 Å². The Morgan fingerprint density at radius 2 is 1.88 bits per heavy atom. The topological polar surface area (TPSA) is 71.1 Å². The van der Waals surface area contributed by atoms with Gasteiger partial charge >= 0.3 is 0 Å². The van der Waals surface area contributed by atoms with Gasteiger partial charge < -0.3 is 10.6 Å². The molecule has 1 aromatic heterocycles. The third kappa shape index (κ3) is 4.76. The summed E-state index contributed by atoms with van der Waals surface area (Å²) in [7, 11) is 0. The van der Waals surface area contributed by atoms with Gasteiger partial charge in [0.1, 0.15) is 5.82 Å². The van der Waals surface area contributed by atoms with E-state index in [1.54, 1.807) is 0 Å². The monoisotopic (exact) mass is 349 g/mol. The van der Waals surface area contributed by atoms with Crippen LogP contribution < -0.4 is 10.6 Å². The maximum absolute atomic E-state index is 13.1. The van der Waals surface area contributed by atoms with Crippen LogP contribution in [0.5, 0.6) is 0 Å². The van der Waals surface area contributed by atoms with Crippen molar-refractivity contribution in [1.82, 2.24) is 10.3 Å². The van der Waals surface area contributed by atoms with E-state index in [9.17, 15) is 14.0 Å². The van der Waals surface area contributed by atoms with E-state index in [0.29, 0.717) is 17.8 Å². The third-order valence-corrected chi connectivity index (χ3v) is 3.55. The lowest BCUT2D eigenvalue weighted by Gasteiger charge is -2.08. The Labute approximate surface area is 144 Å². The predicted molar refractivity (Wildman–Crippen MR) is 90.8 cm³/mol. The molecule has 2 rings (SSSR count). The molecule has 2 N–H and O–H groups in total. The van der Waals surface area contributed by atoms with Crippen LogP contribution >= 0.6 is 11.6 Å². The first kappa shape index (κ1) is 17.9. The first-order chi connectivity index (χ1) is 11.5. The number of anilines is 1. The number of rotatable bonds is 6. The number of aromatic nitrogens is 1. The van der Waals surface area contributed by atoms with E-state index in [0.717, 1.165) is 18.9 Å². The molecule has 0 aliphatic carbocycles. The van der Waals surface area contributed by atoms with E-state index in [1.807, 2.05) is 6.92 Å². The minimum absolute atomic E-state index is 0.0880. The molecule has 0 bridgehead atoms. The van der Waals surface area contributed by atoms with Crippen LogP contribution in [0.2, 0.25) is 5.02 Å². The Bertz CT molecular complexity index is 752. The van der Waals surface area contributed by atoms with Gasteiger partial charge in [0, 0.05) is 24.6 Å². The lowest BCUT2D eigenvalue weighted by atomic mass is 10.1. The molecule has 0 spiro atoms. The quantitative estimate of drug-likeness (QED) is 0.782. The highest BCUT2D eigenvalue weighted by Crippen LogP contribution is 2.20. The molecule has 0 atom stereocenters. The van der Waals surface area contributed by atoms with Crippen molar-refractivity contribution in [2.45, 2.75) is 19.8 Å². The van der Waals surface area contributed by atoms with Crippen molar-refractivity contribution in [1.29, 1.82) is 0 Å². The van der Waals surface area contributed by atoms with E-state index in [-0.39, 0.29) is 16.5 Å². The van der Waals surface area contributed by atoms with Crippen molar-refractivity contribution < 1.29 is 14.0 Å². The van der Waals surface area contributed by atoms with Crippen LogP contribution in [0.1, 0.15) is 40.5 Å². The zero-order valence-electron chi connectivity index (χ0n) is 13.1. The molecular formula is C17H17ClFN3O2. The van der Waals surface area contributed by atoms with Gasteiger partial charge in [-0.1, -0.05) is 24.9 Å². The Kier molecular flexibility index (Phi) is 6.26. The summed E-state index contributed by atoms with van der Waals surface area (Å²) in [4.78, 5) is 28.1. The van der Waals surface area contributed by atoms with Gasteiger partial charge in [0.2, 0.25) is 0 Å². The summed E-state index contributed by atoms with van der Waals surface area (Å²) in [5.74, 6) is -1.31. The second-order valence-corrected chi connectivity index (χ2v) is 5.56.